The van der Waals surface area contributed by atoms with E-state index in [1.807, 2.05) is 14.0 Å². The van der Waals surface area contributed by atoms with Crippen molar-refractivity contribution < 1.29 is 5.11 Å². The summed E-state index contributed by atoms with van der Waals surface area (Å²) in [5.41, 5.74) is 0. The van der Waals surface area contributed by atoms with E-state index < -0.39 is 0 Å². The summed E-state index contributed by atoms with van der Waals surface area (Å²) in [6.45, 7) is 4.69. The zero-order chi connectivity index (χ0) is 10.6. The van der Waals surface area contributed by atoms with Crippen molar-refractivity contribution in [2.24, 2.45) is 4.99 Å². The van der Waals surface area contributed by atoms with E-state index >= 15 is 0 Å². The van der Waals surface area contributed by atoms with Gasteiger partial charge in [-0.25, -0.2) is 0 Å². The first-order chi connectivity index (χ1) is 6.61. The molecule has 0 saturated heterocycles. The van der Waals surface area contributed by atoms with Gasteiger partial charge in [0.05, 0.1) is 6.10 Å². The number of rotatable bonds is 3. The molecule has 0 spiro atoms. The van der Waals surface area contributed by atoms with Crippen molar-refractivity contribution in [1.82, 2.24) is 9.80 Å². The monoisotopic (exact) mass is 199 g/mol. The maximum absolute atomic E-state index is 9.19. The lowest BCUT2D eigenvalue weighted by Crippen LogP contribution is -2.44. The third-order valence-corrected chi connectivity index (χ3v) is 2.47. The van der Waals surface area contributed by atoms with Gasteiger partial charge in [-0.2, -0.15) is 0 Å². The van der Waals surface area contributed by atoms with Gasteiger partial charge in [0.25, 0.3) is 0 Å². The maximum atomic E-state index is 9.19. The van der Waals surface area contributed by atoms with Crippen molar-refractivity contribution in [1.29, 1.82) is 0 Å². The number of aliphatic hydroxyl groups excluding tert-OH is 1. The van der Waals surface area contributed by atoms with E-state index in [4.69, 9.17) is 0 Å². The van der Waals surface area contributed by atoms with Crippen LogP contribution in [0.3, 0.4) is 0 Å². The van der Waals surface area contributed by atoms with Gasteiger partial charge in [-0.1, -0.05) is 0 Å². The van der Waals surface area contributed by atoms with Crippen LogP contribution in [0.4, 0.5) is 0 Å². The molecule has 0 saturated carbocycles. The second-order valence-corrected chi connectivity index (χ2v) is 4.02. The fourth-order valence-electron chi connectivity index (χ4n) is 1.60. The molecule has 1 unspecified atom stereocenters. The minimum absolute atomic E-state index is 0.230. The predicted octanol–water partition coefficient (Wildman–Crippen LogP) is 0.381. The highest BCUT2D eigenvalue weighted by Crippen LogP contribution is 2.04. The SMILES string of the molecule is CC(O)CCN(C)C1=NCCCN1C. The van der Waals surface area contributed by atoms with Crippen LogP contribution in [0, 0.1) is 0 Å². The number of hydrogen-bond acceptors (Lipinski definition) is 4. The summed E-state index contributed by atoms with van der Waals surface area (Å²) < 4.78 is 0. The van der Waals surface area contributed by atoms with Gasteiger partial charge in [0.2, 0.25) is 0 Å². The van der Waals surface area contributed by atoms with E-state index in [1.54, 1.807) is 0 Å². The van der Waals surface area contributed by atoms with Gasteiger partial charge in [0.1, 0.15) is 0 Å². The first kappa shape index (κ1) is 11.3. The Morgan fingerprint density at radius 1 is 1.64 bits per heavy atom. The van der Waals surface area contributed by atoms with Gasteiger partial charge in [-0.15, -0.1) is 0 Å². The van der Waals surface area contributed by atoms with Crippen molar-refractivity contribution in [3.8, 4) is 0 Å². The van der Waals surface area contributed by atoms with Crippen LogP contribution in [-0.4, -0.2) is 60.7 Å². The van der Waals surface area contributed by atoms with Crippen LogP contribution < -0.4 is 0 Å². The molecule has 1 atom stereocenters. The average molecular weight is 199 g/mol. The van der Waals surface area contributed by atoms with E-state index in [1.165, 1.54) is 0 Å². The first-order valence-corrected chi connectivity index (χ1v) is 5.26. The summed E-state index contributed by atoms with van der Waals surface area (Å²) >= 11 is 0. The molecule has 0 radical (unpaired) electrons. The lowest BCUT2D eigenvalue weighted by molar-refractivity contribution is 0.173. The van der Waals surface area contributed by atoms with Crippen molar-refractivity contribution in [2.45, 2.75) is 25.9 Å². The second-order valence-electron chi connectivity index (χ2n) is 4.02. The molecule has 0 aromatic carbocycles. The number of aliphatic imine (C=N–C) groups is 1. The van der Waals surface area contributed by atoms with Crippen LogP contribution >= 0.6 is 0 Å². The molecule has 14 heavy (non-hydrogen) atoms. The van der Waals surface area contributed by atoms with Crippen molar-refractivity contribution in [2.75, 3.05) is 33.7 Å². The maximum Gasteiger partial charge on any atom is 0.196 e. The molecule has 0 fully saturated rings. The molecule has 0 bridgehead atoms. The molecule has 1 rings (SSSR count). The highest BCUT2D eigenvalue weighted by molar-refractivity contribution is 5.80. The van der Waals surface area contributed by atoms with Gasteiger partial charge in [-0.3, -0.25) is 4.99 Å². The molecule has 0 aliphatic carbocycles. The van der Waals surface area contributed by atoms with Gasteiger partial charge in [0, 0.05) is 33.7 Å². The van der Waals surface area contributed by atoms with Crippen molar-refractivity contribution in [3.05, 3.63) is 0 Å². The first-order valence-electron chi connectivity index (χ1n) is 5.26. The number of guanidine groups is 1. The van der Waals surface area contributed by atoms with Crippen LogP contribution in [0.1, 0.15) is 19.8 Å². The zero-order valence-electron chi connectivity index (χ0n) is 9.40. The molecular formula is C10H21N3O. The zero-order valence-corrected chi connectivity index (χ0v) is 9.40. The molecule has 0 aromatic rings. The normalized spacial score (nSPS) is 19.1. The summed E-state index contributed by atoms with van der Waals surface area (Å²) in [6.07, 6.45) is 1.71. The Balaban J connectivity index is 2.42. The van der Waals surface area contributed by atoms with Crippen molar-refractivity contribution in [3.63, 3.8) is 0 Å². The molecule has 4 heteroatoms. The number of hydrogen-bond donors (Lipinski definition) is 1. The smallest absolute Gasteiger partial charge is 0.196 e. The summed E-state index contributed by atoms with van der Waals surface area (Å²) in [4.78, 5) is 8.76. The van der Waals surface area contributed by atoms with Gasteiger partial charge < -0.3 is 14.9 Å². The summed E-state index contributed by atoms with van der Waals surface area (Å²) in [7, 11) is 4.10. The molecule has 1 aliphatic rings. The molecule has 1 N–H and O–H groups in total. The highest BCUT2D eigenvalue weighted by atomic mass is 16.3. The topological polar surface area (TPSA) is 39.1 Å². The lowest BCUT2D eigenvalue weighted by atomic mass is 10.3. The standard InChI is InChI=1S/C10H21N3O/c1-9(14)5-8-13(3)10-11-6-4-7-12(10)2/h9,14H,4-8H2,1-3H3. The third-order valence-electron chi connectivity index (χ3n) is 2.47. The fourth-order valence-corrected chi connectivity index (χ4v) is 1.60. The van der Waals surface area contributed by atoms with Gasteiger partial charge >= 0.3 is 0 Å². The molecular weight excluding hydrogens is 178 g/mol. The van der Waals surface area contributed by atoms with E-state index in [2.05, 4.69) is 21.8 Å². The fraction of sp³-hybridized carbons (Fsp3) is 0.900. The molecule has 1 aliphatic heterocycles. The van der Waals surface area contributed by atoms with Crippen LogP contribution in [0.2, 0.25) is 0 Å². The van der Waals surface area contributed by atoms with Crippen LogP contribution in [0.5, 0.6) is 0 Å². The molecule has 0 amide bonds. The average Bonchev–Trinajstić information content (AvgIpc) is 2.15. The number of nitrogens with zero attached hydrogens (tertiary/aromatic N) is 3. The molecule has 1 heterocycles. The lowest BCUT2D eigenvalue weighted by Gasteiger charge is -2.32. The molecule has 0 aromatic heterocycles. The van der Waals surface area contributed by atoms with E-state index in [-0.39, 0.29) is 6.10 Å². The van der Waals surface area contributed by atoms with E-state index in [9.17, 15) is 5.11 Å². The minimum atomic E-state index is -0.230. The highest BCUT2D eigenvalue weighted by Gasteiger charge is 2.15. The summed E-state index contributed by atoms with van der Waals surface area (Å²) in [6, 6.07) is 0. The summed E-state index contributed by atoms with van der Waals surface area (Å²) in [5.74, 6) is 1.05. The Kier molecular flexibility index (Phi) is 4.20. The largest absolute Gasteiger partial charge is 0.393 e. The predicted molar refractivity (Wildman–Crippen MR) is 58.5 cm³/mol. The molecule has 4 nitrogen and oxygen atoms in total. The van der Waals surface area contributed by atoms with Gasteiger partial charge in [0.15, 0.2) is 5.96 Å². The Hall–Kier alpha value is -0.770. The van der Waals surface area contributed by atoms with E-state index in [0.29, 0.717) is 0 Å². The quantitative estimate of drug-likeness (QED) is 0.714. The summed E-state index contributed by atoms with van der Waals surface area (Å²) in [5, 5.41) is 9.19. The van der Waals surface area contributed by atoms with Crippen molar-refractivity contribution >= 4 is 5.96 Å². The Bertz CT molecular complexity index is 204. The van der Waals surface area contributed by atoms with Crippen LogP contribution in [-0.2, 0) is 0 Å². The third kappa shape index (κ3) is 3.18. The Labute approximate surface area is 86.2 Å². The number of aliphatic hydroxyl groups is 1. The van der Waals surface area contributed by atoms with E-state index in [0.717, 1.165) is 38.4 Å². The van der Waals surface area contributed by atoms with Crippen LogP contribution in [0.15, 0.2) is 4.99 Å². The van der Waals surface area contributed by atoms with Crippen LogP contribution in [0.25, 0.3) is 0 Å². The van der Waals surface area contributed by atoms with Gasteiger partial charge in [-0.05, 0) is 19.8 Å². The minimum Gasteiger partial charge on any atom is -0.393 e. The Morgan fingerprint density at radius 2 is 2.36 bits per heavy atom. The Morgan fingerprint density at radius 3 is 2.93 bits per heavy atom. The molecule has 82 valence electrons. The second kappa shape index (κ2) is 5.20.